The van der Waals surface area contributed by atoms with E-state index in [1.807, 2.05) is 18.2 Å². The van der Waals surface area contributed by atoms with Gasteiger partial charge in [0.15, 0.2) is 22.5 Å². The first-order valence-corrected chi connectivity index (χ1v) is 12.1. The summed E-state index contributed by atoms with van der Waals surface area (Å²) in [4.78, 5) is 14.6. The quantitative estimate of drug-likeness (QED) is 0.429. The number of carbonyl (C=O) groups excluding carboxylic acids is 1. The Hall–Kier alpha value is -2.26. The molecule has 0 unspecified atom stereocenters. The van der Waals surface area contributed by atoms with Crippen molar-refractivity contribution in [1.29, 1.82) is 0 Å². The molecule has 32 heavy (non-hydrogen) atoms. The molecule has 0 aliphatic rings. The molecule has 178 valence electrons. The molecule has 0 aliphatic carbocycles. The van der Waals surface area contributed by atoms with Crippen LogP contribution in [0, 0.1) is 0 Å². The number of ether oxygens (including phenoxy) is 2. The summed E-state index contributed by atoms with van der Waals surface area (Å²) in [5, 5.41) is 12.7. The van der Waals surface area contributed by atoms with Gasteiger partial charge in [0.05, 0.1) is 26.0 Å². The van der Waals surface area contributed by atoms with E-state index in [0.29, 0.717) is 30.2 Å². The van der Waals surface area contributed by atoms with Gasteiger partial charge in [-0.3, -0.25) is 9.69 Å². The number of carbonyl (C=O) groups is 1. The average Bonchev–Trinajstić information content (AvgIpc) is 3.18. The van der Waals surface area contributed by atoms with Crippen LogP contribution in [0.5, 0.6) is 11.5 Å². The Labute approximate surface area is 196 Å². The summed E-state index contributed by atoms with van der Waals surface area (Å²) in [6.07, 6.45) is 3.82. The lowest BCUT2D eigenvalue weighted by Crippen LogP contribution is -2.27. The van der Waals surface area contributed by atoms with Crippen molar-refractivity contribution in [3.63, 3.8) is 0 Å². The van der Waals surface area contributed by atoms with Crippen molar-refractivity contribution in [2.75, 3.05) is 40.6 Å². The molecular formula is C23H37N5O3S. The van der Waals surface area contributed by atoms with Crippen LogP contribution in [0.1, 0.15) is 50.5 Å². The van der Waals surface area contributed by atoms with Crippen LogP contribution in [0.15, 0.2) is 23.4 Å². The van der Waals surface area contributed by atoms with Gasteiger partial charge in [-0.25, -0.2) is 0 Å². The highest BCUT2D eigenvalue weighted by molar-refractivity contribution is 7.99. The van der Waals surface area contributed by atoms with Gasteiger partial charge in [0.1, 0.15) is 0 Å². The van der Waals surface area contributed by atoms with Gasteiger partial charge in [0.2, 0.25) is 5.91 Å². The number of hydrogen-bond acceptors (Lipinski definition) is 7. The van der Waals surface area contributed by atoms with E-state index in [2.05, 4.69) is 52.9 Å². The third-order valence-electron chi connectivity index (χ3n) is 5.30. The lowest BCUT2D eigenvalue weighted by molar-refractivity contribution is -0.118. The minimum absolute atomic E-state index is 0.0123. The third-order valence-corrected chi connectivity index (χ3v) is 6.27. The summed E-state index contributed by atoms with van der Waals surface area (Å²) >= 11 is 1.45. The number of benzene rings is 1. The molecule has 0 aliphatic heterocycles. The molecule has 1 amide bonds. The molecule has 0 fully saturated rings. The molecule has 1 aromatic carbocycles. The van der Waals surface area contributed by atoms with Gasteiger partial charge >= 0.3 is 0 Å². The zero-order chi connectivity index (χ0) is 23.5. The molecule has 0 radical (unpaired) electrons. The van der Waals surface area contributed by atoms with E-state index >= 15 is 0 Å². The SMILES string of the molecule is CCCCn1c(SCC(=O)NCCc2ccc(OC)c(OC)c2)nnc1[C@H](CC)N(C)C. The molecule has 0 saturated carbocycles. The van der Waals surface area contributed by atoms with Crippen molar-refractivity contribution in [3.8, 4) is 11.5 Å². The van der Waals surface area contributed by atoms with Gasteiger partial charge in [-0.1, -0.05) is 38.1 Å². The van der Waals surface area contributed by atoms with Crippen LogP contribution in [0.2, 0.25) is 0 Å². The highest BCUT2D eigenvalue weighted by atomic mass is 32.2. The fourth-order valence-corrected chi connectivity index (χ4v) is 4.32. The maximum Gasteiger partial charge on any atom is 0.230 e. The first-order chi connectivity index (χ1) is 15.4. The number of aromatic nitrogens is 3. The highest BCUT2D eigenvalue weighted by Gasteiger charge is 2.22. The van der Waals surface area contributed by atoms with E-state index in [0.717, 1.165) is 42.4 Å². The standard InChI is InChI=1S/C23H37N5O3S/c1-7-9-14-28-22(18(8-2)27(3)4)25-26-23(28)32-16-21(29)24-13-12-17-10-11-19(30-5)20(15-17)31-6/h10-11,15,18H,7-9,12-14,16H2,1-6H3,(H,24,29)/t18-/m0/s1. The number of hydrogen-bond donors (Lipinski definition) is 1. The Bertz CT molecular complexity index is 856. The third kappa shape index (κ3) is 7.13. The Morgan fingerprint density at radius 3 is 2.56 bits per heavy atom. The number of amides is 1. The van der Waals surface area contributed by atoms with Crippen LogP contribution in [0.25, 0.3) is 0 Å². The number of thioether (sulfide) groups is 1. The van der Waals surface area contributed by atoms with Gasteiger partial charge in [0.25, 0.3) is 0 Å². The topological polar surface area (TPSA) is 81.5 Å². The monoisotopic (exact) mass is 463 g/mol. The molecule has 1 atom stereocenters. The first-order valence-electron chi connectivity index (χ1n) is 11.1. The maximum absolute atomic E-state index is 12.4. The summed E-state index contributed by atoms with van der Waals surface area (Å²) in [5.41, 5.74) is 1.08. The van der Waals surface area contributed by atoms with Crippen LogP contribution in [-0.4, -0.2) is 66.2 Å². The first kappa shape index (κ1) is 26.0. The molecule has 0 spiro atoms. The predicted octanol–water partition coefficient (Wildman–Crippen LogP) is 3.56. The molecule has 2 aromatic rings. The molecular weight excluding hydrogens is 426 g/mol. The number of nitrogens with one attached hydrogen (secondary N) is 1. The van der Waals surface area contributed by atoms with Crippen LogP contribution in [0.4, 0.5) is 0 Å². The van der Waals surface area contributed by atoms with Crippen molar-refractivity contribution >= 4 is 17.7 Å². The molecule has 2 rings (SSSR count). The minimum atomic E-state index is -0.0123. The molecule has 1 N–H and O–H groups in total. The summed E-state index contributed by atoms with van der Waals surface area (Å²) in [6, 6.07) is 6.01. The lowest BCUT2D eigenvalue weighted by atomic mass is 10.1. The Morgan fingerprint density at radius 2 is 1.94 bits per heavy atom. The second-order valence-corrected chi connectivity index (χ2v) is 8.75. The van der Waals surface area contributed by atoms with Crippen LogP contribution < -0.4 is 14.8 Å². The zero-order valence-electron chi connectivity index (χ0n) is 20.2. The molecule has 1 heterocycles. The van der Waals surface area contributed by atoms with E-state index < -0.39 is 0 Å². The highest BCUT2D eigenvalue weighted by Crippen LogP contribution is 2.28. The fraction of sp³-hybridized carbons (Fsp3) is 0.609. The van der Waals surface area contributed by atoms with Crippen LogP contribution in [0.3, 0.4) is 0 Å². The molecule has 8 nitrogen and oxygen atoms in total. The Morgan fingerprint density at radius 1 is 1.19 bits per heavy atom. The molecule has 1 aromatic heterocycles. The maximum atomic E-state index is 12.4. The van der Waals surface area contributed by atoms with Crippen molar-refractivity contribution in [3.05, 3.63) is 29.6 Å². The van der Waals surface area contributed by atoms with E-state index in [4.69, 9.17) is 9.47 Å². The van der Waals surface area contributed by atoms with Gasteiger partial charge in [-0.15, -0.1) is 10.2 Å². The van der Waals surface area contributed by atoms with Gasteiger partial charge in [-0.2, -0.15) is 0 Å². The van der Waals surface area contributed by atoms with Gasteiger partial charge in [-0.05, 0) is 51.1 Å². The number of rotatable bonds is 14. The van der Waals surface area contributed by atoms with Crippen LogP contribution in [-0.2, 0) is 17.8 Å². The largest absolute Gasteiger partial charge is 0.493 e. The number of methoxy groups -OCH3 is 2. The molecule has 9 heteroatoms. The molecule has 0 saturated heterocycles. The van der Waals surface area contributed by atoms with Gasteiger partial charge < -0.3 is 19.4 Å². The zero-order valence-corrected chi connectivity index (χ0v) is 21.0. The van der Waals surface area contributed by atoms with E-state index in [1.165, 1.54) is 11.8 Å². The van der Waals surface area contributed by atoms with Crippen molar-refractivity contribution < 1.29 is 14.3 Å². The summed E-state index contributed by atoms with van der Waals surface area (Å²) in [5.74, 6) is 2.67. The predicted molar refractivity (Wildman–Crippen MR) is 129 cm³/mol. The normalized spacial score (nSPS) is 12.1. The number of unbranched alkanes of at least 4 members (excludes halogenated alkanes) is 1. The van der Waals surface area contributed by atoms with Crippen LogP contribution >= 0.6 is 11.8 Å². The van der Waals surface area contributed by atoms with Crippen molar-refractivity contribution in [2.24, 2.45) is 0 Å². The van der Waals surface area contributed by atoms with E-state index in [1.54, 1.807) is 14.2 Å². The van der Waals surface area contributed by atoms with E-state index in [9.17, 15) is 4.79 Å². The average molecular weight is 464 g/mol. The summed E-state index contributed by atoms with van der Waals surface area (Å²) in [7, 11) is 7.36. The van der Waals surface area contributed by atoms with E-state index in [-0.39, 0.29) is 11.9 Å². The fourth-order valence-electron chi connectivity index (χ4n) is 3.52. The lowest BCUT2D eigenvalue weighted by Gasteiger charge is -2.23. The smallest absolute Gasteiger partial charge is 0.230 e. The molecule has 0 bridgehead atoms. The Balaban J connectivity index is 1.92. The minimum Gasteiger partial charge on any atom is -0.493 e. The van der Waals surface area contributed by atoms with Crippen molar-refractivity contribution in [1.82, 2.24) is 25.0 Å². The summed E-state index contributed by atoms with van der Waals surface area (Å²) in [6.45, 7) is 5.75. The second kappa shape index (κ2) is 13.3. The van der Waals surface area contributed by atoms with Gasteiger partial charge in [0, 0.05) is 13.1 Å². The summed E-state index contributed by atoms with van der Waals surface area (Å²) < 4.78 is 12.8. The number of nitrogens with zero attached hydrogens (tertiary/aromatic N) is 4. The Kier molecular flexibility index (Phi) is 10.8. The second-order valence-electron chi connectivity index (χ2n) is 7.81. The van der Waals surface area contributed by atoms with Crippen molar-refractivity contribution in [2.45, 2.75) is 57.3 Å².